The van der Waals surface area contributed by atoms with Crippen molar-refractivity contribution in [2.24, 2.45) is 13.0 Å². The number of hydrogen-bond acceptors (Lipinski definition) is 2. The number of fused-ring (bicyclic) bond motifs is 3. The molecule has 5 rings (SSSR count). The summed E-state index contributed by atoms with van der Waals surface area (Å²) in [6, 6.07) is 8.47. The molecule has 0 unspecified atom stereocenters. The second-order valence-corrected chi connectivity index (χ2v) is 7.40. The van der Waals surface area contributed by atoms with Gasteiger partial charge in [-0.05, 0) is 19.8 Å². The number of aromatic nitrogens is 3. The van der Waals surface area contributed by atoms with E-state index in [0.717, 1.165) is 42.8 Å². The highest BCUT2D eigenvalue weighted by Crippen LogP contribution is 2.33. The minimum Gasteiger partial charge on any atom is -0.336 e. The van der Waals surface area contributed by atoms with Gasteiger partial charge in [0.25, 0.3) is 0 Å². The van der Waals surface area contributed by atoms with Crippen LogP contribution in [0.1, 0.15) is 29.8 Å². The zero-order chi connectivity index (χ0) is 17.1. The molecule has 0 bridgehead atoms. The molecule has 1 aliphatic carbocycles. The van der Waals surface area contributed by atoms with E-state index >= 15 is 0 Å². The Balaban J connectivity index is 1.56. The normalized spacial score (nSPS) is 17.1. The van der Waals surface area contributed by atoms with Crippen LogP contribution in [0.2, 0.25) is 0 Å². The Morgan fingerprint density at radius 1 is 1.16 bits per heavy atom. The maximum Gasteiger partial charge on any atom is 0.226 e. The summed E-state index contributed by atoms with van der Waals surface area (Å²) in [5.41, 5.74) is 5.88. The van der Waals surface area contributed by atoms with Gasteiger partial charge in [0, 0.05) is 43.4 Å². The molecule has 3 heterocycles. The van der Waals surface area contributed by atoms with Crippen molar-refractivity contribution in [3.05, 3.63) is 47.4 Å². The Labute approximate surface area is 146 Å². The Kier molecular flexibility index (Phi) is 3.08. The van der Waals surface area contributed by atoms with E-state index in [1.54, 1.807) is 0 Å². The lowest BCUT2D eigenvalue weighted by Crippen LogP contribution is -2.37. The van der Waals surface area contributed by atoms with Crippen LogP contribution < -0.4 is 0 Å². The van der Waals surface area contributed by atoms with Crippen molar-refractivity contribution in [1.29, 1.82) is 0 Å². The molecule has 5 heteroatoms. The molecule has 25 heavy (non-hydrogen) atoms. The number of carbonyl (C=O) groups excluding carboxylic acids is 1. The number of rotatable bonds is 2. The van der Waals surface area contributed by atoms with Crippen molar-refractivity contribution in [2.75, 3.05) is 6.54 Å². The van der Waals surface area contributed by atoms with Gasteiger partial charge in [-0.3, -0.25) is 9.20 Å². The second-order valence-electron chi connectivity index (χ2n) is 7.40. The van der Waals surface area contributed by atoms with Crippen molar-refractivity contribution < 1.29 is 4.79 Å². The lowest BCUT2D eigenvalue weighted by atomic mass is 10.1. The van der Waals surface area contributed by atoms with Crippen LogP contribution >= 0.6 is 0 Å². The number of carbonyl (C=O) groups is 1. The van der Waals surface area contributed by atoms with Crippen LogP contribution in [0.4, 0.5) is 0 Å². The van der Waals surface area contributed by atoms with Crippen LogP contribution in [-0.4, -0.2) is 31.3 Å². The zero-order valence-electron chi connectivity index (χ0n) is 14.7. The quantitative estimate of drug-likeness (QED) is 0.723. The molecular weight excluding hydrogens is 312 g/mol. The molecular formula is C20H22N4O. The summed E-state index contributed by atoms with van der Waals surface area (Å²) >= 11 is 0. The molecule has 1 fully saturated rings. The van der Waals surface area contributed by atoms with Crippen LogP contribution in [0.5, 0.6) is 0 Å². The first-order valence-corrected chi connectivity index (χ1v) is 9.03. The van der Waals surface area contributed by atoms with E-state index in [1.807, 2.05) is 4.90 Å². The van der Waals surface area contributed by atoms with Gasteiger partial charge in [0.15, 0.2) is 0 Å². The summed E-state index contributed by atoms with van der Waals surface area (Å²) in [7, 11) is 2.08. The number of nitrogens with zero attached hydrogens (tertiary/aromatic N) is 4. The lowest BCUT2D eigenvalue weighted by Gasteiger charge is -2.27. The first-order chi connectivity index (χ1) is 12.1. The van der Waals surface area contributed by atoms with E-state index in [-0.39, 0.29) is 5.92 Å². The molecule has 0 N–H and O–H groups in total. The molecule has 0 radical (unpaired) electrons. The van der Waals surface area contributed by atoms with Crippen molar-refractivity contribution in [3.63, 3.8) is 0 Å². The number of benzene rings is 1. The van der Waals surface area contributed by atoms with E-state index in [0.29, 0.717) is 12.5 Å². The molecule has 128 valence electrons. The molecule has 1 saturated carbocycles. The van der Waals surface area contributed by atoms with Crippen molar-refractivity contribution in [2.45, 2.75) is 32.7 Å². The van der Waals surface area contributed by atoms with Gasteiger partial charge in [0.1, 0.15) is 0 Å². The molecule has 1 amide bonds. The largest absolute Gasteiger partial charge is 0.336 e. The molecule has 0 atom stereocenters. The first kappa shape index (κ1) is 14.8. The highest BCUT2D eigenvalue weighted by Gasteiger charge is 2.36. The van der Waals surface area contributed by atoms with E-state index in [1.165, 1.54) is 17.0 Å². The Morgan fingerprint density at radius 3 is 2.64 bits per heavy atom. The van der Waals surface area contributed by atoms with Gasteiger partial charge >= 0.3 is 0 Å². The highest BCUT2D eigenvalue weighted by molar-refractivity contribution is 5.81. The van der Waals surface area contributed by atoms with Crippen molar-refractivity contribution >= 4 is 11.7 Å². The molecule has 3 aromatic rings. The molecule has 2 aromatic heterocycles. The van der Waals surface area contributed by atoms with Gasteiger partial charge in [0.2, 0.25) is 11.7 Å². The number of imidazole rings is 2. The fraction of sp³-hybridized carbons (Fsp3) is 0.400. The van der Waals surface area contributed by atoms with E-state index < -0.39 is 0 Å². The monoisotopic (exact) mass is 334 g/mol. The maximum absolute atomic E-state index is 12.5. The van der Waals surface area contributed by atoms with Crippen LogP contribution in [0, 0.1) is 12.8 Å². The highest BCUT2D eigenvalue weighted by atomic mass is 16.2. The van der Waals surface area contributed by atoms with Gasteiger partial charge in [0.05, 0.1) is 17.9 Å². The summed E-state index contributed by atoms with van der Waals surface area (Å²) in [6.45, 7) is 3.62. The molecule has 1 aliphatic heterocycles. The summed E-state index contributed by atoms with van der Waals surface area (Å²) in [5, 5.41) is 0. The van der Waals surface area contributed by atoms with E-state index in [4.69, 9.17) is 4.98 Å². The topological polar surface area (TPSA) is 42.5 Å². The van der Waals surface area contributed by atoms with Gasteiger partial charge in [-0.1, -0.05) is 29.8 Å². The molecule has 5 nitrogen and oxygen atoms in total. The second kappa shape index (κ2) is 5.22. The smallest absolute Gasteiger partial charge is 0.226 e. The van der Waals surface area contributed by atoms with E-state index in [2.05, 4.69) is 53.4 Å². The number of hydrogen-bond donors (Lipinski definition) is 0. The summed E-state index contributed by atoms with van der Waals surface area (Å²) in [6.07, 6.45) is 5.15. The third-order valence-corrected chi connectivity index (χ3v) is 5.56. The summed E-state index contributed by atoms with van der Waals surface area (Å²) in [4.78, 5) is 19.4. The lowest BCUT2D eigenvalue weighted by molar-refractivity contribution is -0.133. The third-order valence-electron chi connectivity index (χ3n) is 5.56. The standard InChI is InChI=1S/C20H22N4O/c1-13-3-5-14(6-4-13)16-11-24-18-12-23(19(25)15-7-8-15)10-9-17(18)22(2)20(24)21-16/h3-6,11,15H,7-10,12H2,1-2H3. The minimum atomic E-state index is 0.284. The van der Waals surface area contributed by atoms with Crippen LogP contribution in [-0.2, 0) is 24.8 Å². The van der Waals surface area contributed by atoms with Gasteiger partial charge in [-0.2, -0.15) is 0 Å². The predicted molar refractivity (Wildman–Crippen MR) is 96.2 cm³/mol. The average molecular weight is 334 g/mol. The number of amides is 1. The Bertz CT molecular complexity index is 975. The SMILES string of the molecule is Cc1ccc(-c2cn3c4c(n(C)c3n2)CCN(C(=O)C2CC2)C4)cc1. The van der Waals surface area contributed by atoms with Crippen LogP contribution in [0.25, 0.3) is 17.0 Å². The van der Waals surface area contributed by atoms with Crippen molar-refractivity contribution in [1.82, 2.24) is 18.9 Å². The summed E-state index contributed by atoms with van der Waals surface area (Å²) in [5.74, 6) is 1.58. The average Bonchev–Trinajstić information content (AvgIpc) is 3.33. The van der Waals surface area contributed by atoms with Gasteiger partial charge in [-0.15, -0.1) is 0 Å². The molecule has 0 saturated heterocycles. The minimum absolute atomic E-state index is 0.284. The Hall–Kier alpha value is -2.56. The fourth-order valence-corrected chi connectivity index (χ4v) is 3.88. The molecule has 2 aliphatic rings. The summed E-state index contributed by atoms with van der Waals surface area (Å²) < 4.78 is 4.36. The Morgan fingerprint density at radius 2 is 1.92 bits per heavy atom. The molecule has 1 aromatic carbocycles. The van der Waals surface area contributed by atoms with E-state index in [9.17, 15) is 4.79 Å². The van der Waals surface area contributed by atoms with Crippen LogP contribution in [0.3, 0.4) is 0 Å². The third kappa shape index (κ3) is 2.29. The van der Waals surface area contributed by atoms with Gasteiger partial charge in [-0.25, -0.2) is 4.98 Å². The number of aryl methyl sites for hydroxylation is 2. The fourth-order valence-electron chi connectivity index (χ4n) is 3.88. The molecule has 0 spiro atoms. The first-order valence-electron chi connectivity index (χ1n) is 9.03. The predicted octanol–water partition coefficient (Wildman–Crippen LogP) is 2.94. The van der Waals surface area contributed by atoms with Crippen LogP contribution in [0.15, 0.2) is 30.5 Å². The maximum atomic E-state index is 12.5. The van der Waals surface area contributed by atoms with Gasteiger partial charge < -0.3 is 9.47 Å². The zero-order valence-corrected chi connectivity index (χ0v) is 14.7. The van der Waals surface area contributed by atoms with Crippen molar-refractivity contribution in [3.8, 4) is 11.3 Å².